The molecule has 1 aliphatic rings. The number of aliphatic imine (C=N–C) groups is 1. The molecule has 0 atom stereocenters. The summed E-state index contributed by atoms with van der Waals surface area (Å²) in [7, 11) is 5.44. The van der Waals surface area contributed by atoms with Gasteiger partial charge in [0.05, 0.1) is 13.7 Å². The van der Waals surface area contributed by atoms with Gasteiger partial charge in [-0.1, -0.05) is 6.07 Å². The van der Waals surface area contributed by atoms with Crippen molar-refractivity contribution in [2.75, 3.05) is 41.0 Å². The molecule has 1 aromatic heterocycles. The second-order valence-electron chi connectivity index (χ2n) is 7.12. The van der Waals surface area contributed by atoms with E-state index in [4.69, 9.17) is 14.2 Å². The lowest BCUT2D eigenvalue weighted by molar-refractivity contribution is 0.115. The average molecular weight is 399 g/mol. The first-order valence-corrected chi connectivity index (χ1v) is 9.94. The quantitative estimate of drug-likeness (QED) is 0.376. The van der Waals surface area contributed by atoms with E-state index in [0.717, 1.165) is 42.1 Å². The fraction of sp³-hybridized carbons (Fsp3) is 0.455. The summed E-state index contributed by atoms with van der Waals surface area (Å²) in [6.07, 6.45) is 4.44. The minimum Gasteiger partial charge on any atom is -0.497 e. The molecule has 0 saturated heterocycles. The zero-order valence-electron chi connectivity index (χ0n) is 17.4. The Morgan fingerprint density at radius 3 is 2.55 bits per heavy atom. The third-order valence-electron chi connectivity index (χ3n) is 4.72. The van der Waals surface area contributed by atoms with Crippen LogP contribution < -0.4 is 14.8 Å². The summed E-state index contributed by atoms with van der Waals surface area (Å²) in [5, 5.41) is 3.35. The van der Waals surface area contributed by atoms with Gasteiger partial charge in [0.2, 0.25) is 5.88 Å². The standard InChI is InChI=1S/C22H30N4O3/c1-23-22(26(2)12-13-28-16-17-4-5-17)25-15-18-6-11-21(24-14-18)29-20-9-7-19(27-3)8-10-20/h6-11,14,17H,4-5,12-13,15-16H2,1-3H3,(H,23,25). The molecular weight excluding hydrogens is 368 g/mol. The number of hydrogen-bond donors (Lipinski definition) is 1. The Hall–Kier alpha value is -2.80. The van der Waals surface area contributed by atoms with Gasteiger partial charge in [0, 0.05) is 46.1 Å². The van der Waals surface area contributed by atoms with E-state index >= 15 is 0 Å². The van der Waals surface area contributed by atoms with Crippen molar-refractivity contribution in [2.24, 2.45) is 10.9 Å². The Morgan fingerprint density at radius 2 is 1.93 bits per heavy atom. The molecule has 156 valence electrons. The number of ether oxygens (including phenoxy) is 3. The van der Waals surface area contributed by atoms with Crippen molar-refractivity contribution >= 4 is 5.96 Å². The van der Waals surface area contributed by atoms with Crippen LogP contribution in [0.4, 0.5) is 0 Å². The molecule has 0 amide bonds. The largest absolute Gasteiger partial charge is 0.497 e. The lowest BCUT2D eigenvalue weighted by Gasteiger charge is -2.22. The first-order chi connectivity index (χ1) is 14.2. The third kappa shape index (κ3) is 6.94. The number of guanidine groups is 1. The molecule has 1 heterocycles. The van der Waals surface area contributed by atoms with Crippen molar-refractivity contribution in [3.63, 3.8) is 0 Å². The van der Waals surface area contributed by atoms with Gasteiger partial charge >= 0.3 is 0 Å². The van der Waals surface area contributed by atoms with Crippen LogP contribution in [0.5, 0.6) is 17.4 Å². The van der Waals surface area contributed by atoms with Crippen LogP contribution in [-0.2, 0) is 11.3 Å². The van der Waals surface area contributed by atoms with Crippen LogP contribution >= 0.6 is 0 Å². The molecule has 0 spiro atoms. The van der Waals surface area contributed by atoms with Gasteiger partial charge in [-0.25, -0.2) is 4.98 Å². The first kappa shape index (κ1) is 20.9. The van der Waals surface area contributed by atoms with Crippen molar-refractivity contribution in [3.8, 4) is 17.4 Å². The number of nitrogens with one attached hydrogen (secondary N) is 1. The summed E-state index contributed by atoms with van der Waals surface area (Å²) in [6.45, 7) is 3.04. The fourth-order valence-electron chi connectivity index (χ4n) is 2.75. The number of rotatable bonds is 10. The molecule has 1 aliphatic carbocycles. The monoisotopic (exact) mass is 398 g/mol. The van der Waals surface area contributed by atoms with Crippen LogP contribution in [0.3, 0.4) is 0 Å². The van der Waals surface area contributed by atoms with Crippen LogP contribution in [0, 0.1) is 5.92 Å². The molecule has 2 aromatic rings. The average Bonchev–Trinajstić information content (AvgIpc) is 3.58. The van der Waals surface area contributed by atoms with Crippen LogP contribution in [0.25, 0.3) is 0 Å². The summed E-state index contributed by atoms with van der Waals surface area (Å²) in [6, 6.07) is 11.3. The molecule has 3 rings (SSSR count). The Balaban J connectivity index is 1.42. The summed E-state index contributed by atoms with van der Waals surface area (Å²) < 4.78 is 16.6. The Kier molecular flexibility index (Phi) is 7.69. The molecule has 0 unspecified atom stereocenters. The molecule has 7 nitrogen and oxygen atoms in total. The van der Waals surface area contributed by atoms with Gasteiger partial charge in [0.15, 0.2) is 5.96 Å². The molecule has 0 radical (unpaired) electrons. The maximum Gasteiger partial charge on any atom is 0.219 e. The van der Waals surface area contributed by atoms with E-state index in [2.05, 4.69) is 20.2 Å². The highest BCUT2D eigenvalue weighted by Crippen LogP contribution is 2.28. The van der Waals surface area contributed by atoms with Crippen molar-refractivity contribution in [2.45, 2.75) is 19.4 Å². The zero-order chi connectivity index (χ0) is 20.5. The number of methoxy groups -OCH3 is 1. The summed E-state index contributed by atoms with van der Waals surface area (Å²) >= 11 is 0. The predicted octanol–water partition coefficient (Wildman–Crippen LogP) is 3.32. The van der Waals surface area contributed by atoms with E-state index in [9.17, 15) is 0 Å². The smallest absolute Gasteiger partial charge is 0.219 e. The summed E-state index contributed by atoms with van der Waals surface area (Å²) in [5.74, 6) is 3.68. The minimum atomic E-state index is 0.549. The summed E-state index contributed by atoms with van der Waals surface area (Å²) in [5.41, 5.74) is 1.05. The highest BCUT2D eigenvalue weighted by molar-refractivity contribution is 5.79. The van der Waals surface area contributed by atoms with Gasteiger partial charge in [-0.05, 0) is 48.6 Å². The van der Waals surface area contributed by atoms with Crippen molar-refractivity contribution < 1.29 is 14.2 Å². The van der Waals surface area contributed by atoms with E-state index in [1.807, 2.05) is 43.4 Å². The number of nitrogens with zero attached hydrogens (tertiary/aromatic N) is 3. The topological polar surface area (TPSA) is 68.2 Å². The lowest BCUT2D eigenvalue weighted by atomic mass is 10.3. The maximum atomic E-state index is 5.76. The Labute approximate surface area is 172 Å². The minimum absolute atomic E-state index is 0.549. The number of hydrogen-bond acceptors (Lipinski definition) is 5. The van der Waals surface area contributed by atoms with Gasteiger partial charge < -0.3 is 24.4 Å². The molecule has 1 N–H and O–H groups in total. The highest BCUT2D eigenvalue weighted by Gasteiger charge is 2.21. The van der Waals surface area contributed by atoms with Gasteiger partial charge in [-0.3, -0.25) is 4.99 Å². The summed E-state index contributed by atoms with van der Waals surface area (Å²) in [4.78, 5) is 10.8. The second kappa shape index (κ2) is 10.7. The van der Waals surface area contributed by atoms with Crippen LogP contribution in [0.15, 0.2) is 47.6 Å². The SMILES string of the molecule is CN=C(NCc1ccc(Oc2ccc(OC)cc2)nc1)N(C)CCOCC1CC1. The molecule has 7 heteroatoms. The zero-order valence-corrected chi connectivity index (χ0v) is 17.4. The van der Waals surface area contributed by atoms with Gasteiger partial charge in [0.1, 0.15) is 11.5 Å². The van der Waals surface area contributed by atoms with E-state index in [0.29, 0.717) is 19.0 Å². The lowest BCUT2D eigenvalue weighted by Crippen LogP contribution is -2.40. The number of benzene rings is 1. The fourth-order valence-corrected chi connectivity index (χ4v) is 2.75. The van der Waals surface area contributed by atoms with Crippen molar-refractivity contribution in [3.05, 3.63) is 48.2 Å². The maximum absolute atomic E-state index is 5.76. The Bertz CT molecular complexity index is 774. The van der Waals surface area contributed by atoms with Crippen molar-refractivity contribution in [1.82, 2.24) is 15.2 Å². The molecular formula is C22H30N4O3. The normalized spacial score (nSPS) is 13.8. The van der Waals surface area contributed by atoms with Gasteiger partial charge in [-0.2, -0.15) is 0 Å². The second-order valence-corrected chi connectivity index (χ2v) is 7.12. The van der Waals surface area contributed by atoms with Gasteiger partial charge in [-0.15, -0.1) is 0 Å². The molecule has 1 saturated carbocycles. The van der Waals surface area contributed by atoms with Crippen LogP contribution in [0.1, 0.15) is 18.4 Å². The van der Waals surface area contributed by atoms with E-state index in [-0.39, 0.29) is 0 Å². The van der Waals surface area contributed by atoms with E-state index in [1.165, 1.54) is 12.8 Å². The molecule has 0 aliphatic heterocycles. The highest BCUT2D eigenvalue weighted by atomic mass is 16.5. The predicted molar refractivity (Wildman–Crippen MR) is 114 cm³/mol. The third-order valence-corrected chi connectivity index (χ3v) is 4.72. The number of likely N-dealkylation sites (N-methyl/N-ethyl adjacent to an activating group) is 1. The molecule has 1 fully saturated rings. The van der Waals surface area contributed by atoms with E-state index < -0.39 is 0 Å². The van der Waals surface area contributed by atoms with Crippen molar-refractivity contribution in [1.29, 1.82) is 0 Å². The van der Waals surface area contributed by atoms with Crippen LogP contribution in [0.2, 0.25) is 0 Å². The number of aromatic nitrogens is 1. The first-order valence-electron chi connectivity index (χ1n) is 9.94. The number of pyridine rings is 1. The van der Waals surface area contributed by atoms with E-state index in [1.54, 1.807) is 20.4 Å². The molecule has 0 bridgehead atoms. The molecule has 29 heavy (non-hydrogen) atoms. The van der Waals surface area contributed by atoms with Gasteiger partial charge in [0.25, 0.3) is 0 Å². The Morgan fingerprint density at radius 1 is 1.17 bits per heavy atom. The van der Waals surface area contributed by atoms with Crippen LogP contribution in [-0.4, -0.2) is 56.8 Å². The molecule has 1 aromatic carbocycles.